The van der Waals surface area contributed by atoms with Crippen LogP contribution in [0.15, 0.2) is 42.6 Å². The molecule has 0 bridgehead atoms. The van der Waals surface area contributed by atoms with Gasteiger partial charge >= 0.3 is 5.97 Å². The fourth-order valence-electron chi connectivity index (χ4n) is 3.00. The summed E-state index contributed by atoms with van der Waals surface area (Å²) in [6.45, 7) is 0. The van der Waals surface area contributed by atoms with Crippen LogP contribution in [0.4, 0.5) is 5.69 Å². The summed E-state index contributed by atoms with van der Waals surface area (Å²) in [7, 11) is 0. The van der Waals surface area contributed by atoms with Crippen LogP contribution >= 0.6 is 11.6 Å². The molecular formula is C19H19ClN2O4. The predicted molar refractivity (Wildman–Crippen MR) is 97.5 cm³/mol. The number of nitrogens with one attached hydrogen (secondary N) is 1. The Kier molecular flexibility index (Phi) is 5.73. The van der Waals surface area contributed by atoms with Crippen LogP contribution in [0.2, 0.25) is 5.02 Å². The van der Waals surface area contributed by atoms with Crippen molar-refractivity contribution in [1.82, 2.24) is 4.98 Å². The van der Waals surface area contributed by atoms with Gasteiger partial charge < -0.3 is 15.2 Å². The molecule has 1 saturated carbocycles. The molecule has 1 heterocycles. The first kappa shape index (κ1) is 18.2. The van der Waals surface area contributed by atoms with E-state index in [2.05, 4.69) is 10.3 Å². The Balaban J connectivity index is 1.53. The number of carbonyl (C=O) groups excluding carboxylic acids is 1. The number of amides is 1. The summed E-state index contributed by atoms with van der Waals surface area (Å²) in [5, 5.41) is 12.4. The molecule has 0 atom stereocenters. The van der Waals surface area contributed by atoms with E-state index in [9.17, 15) is 9.59 Å². The van der Waals surface area contributed by atoms with Gasteiger partial charge in [0.2, 0.25) is 11.8 Å². The zero-order valence-electron chi connectivity index (χ0n) is 14.0. The van der Waals surface area contributed by atoms with Gasteiger partial charge in [-0.15, -0.1) is 0 Å². The van der Waals surface area contributed by atoms with Crippen LogP contribution in [0.3, 0.4) is 0 Å². The Morgan fingerprint density at radius 3 is 2.27 bits per heavy atom. The standard InChI is InChI=1S/C19H19ClN2O4/c20-14-5-10-17(21-11-14)26-16-8-6-15(7-9-16)22-18(23)12-1-3-13(4-2-12)19(24)25/h5-13H,1-4H2,(H,22,23)(H,24,25). The zero-order chi connectivity index (χ0) is 18.5. The van der Waals surface area contributed by atoms with E-state index in [0.29, 0.717) is 48.0 Å². The molecule has 0 spiro atoms. The first-order chi connectivity index (χ1) is 12.5. The van der Waals surface area contributed by atoms with Crippen LogP contribution < -0.4 is 10.1 Å². The predicted octanol–water partition coefficient (Wildman–Crippen LogP) is 4.36. The maximum Gasteiger partial charge on any atom is 0.306 e. The van der Waals surface area contributed by atoms with Gasteiger partial charge in [-0.2, -0.15) is 0 Å². The first-order valence-electron chi connectivity index (χ1n) is 8.44. The lowest BCUT2D eigenvalue weighted by molar-refractivity contribution is -0.143. The number of pyridine rings is 1. The number of hydrogen-bond acceptors (Lipinski definition) is 4. The van der Waals surface area contributed by atoms with Crippen LogP contribution in [0.5, 0.6) is 11.6 Å². The van der Waals surface area contributed by atoms with E-state index in [-0.39, 0.29) is 17.7 Å². The minimum absolute atomic E-state index is 0.0677. The highest BCUT2D eigenvalue weighted by Crippen LogP contribution is 2.30. The fourth-order valence-corrected chi connectivity index (χ4v) is 3.11. The topological polar surface area (TPSA) is 88.5 Å². The molecule has 1 aromatic heterocycles. The van der Waals surface area contributed by atoms with Crippen molar-refractivity contribution in [2.24, 2.45) is 11.8 Å². The monoisotopic (exact) mass is 374 g/mol. The Labute approximate surface area is 156 Å². The Morgan fingerprint density at radius 2 is 1.69 bits per heavy atom. The van der Waals surface area contributed by atoms with Gasteiger partial charge in [0.1, 0.15) is 5.75 Å². The van der Waals surface area contributed by atoms with Crippen molar-refractivity contribution in [1.29, 1.82) is 0 Å². The molecule has 0 radical (unpaired) electrons. The molecule has 0 unspecified atom stereocenters. The second kappa shape index (κ2) is 8.19. The van der Waals surface area contributed by atoms with E-state index in [1.54, 1.807) is 36.4 Å². The third kappa shape index (κ3) is 4.73. The number of carbonyl (C=O) groups is 2. The van der Waals surface area contributed by atoms with E-state index >= 15 is 0 Å². The number of benzene rings is 1. The van der Waals surface area contributed by atoms with E-state index in [1.165, 1.54) is 6.20 Å². The highest BCUT2D eigenvalue weighted by atomic mass is 35.5. The van der Waals surface area contributed by atoms with Gasteiger partial charge in [0, 0.05) is 23.9 Å². The fraction of sp³-hybridized carbons (Fsp3) is 0.316. The van der Waals surface area contributed by atoms with Crippen LogP contribution in [0.25, 0.3) is 0 Å². The second-order valence-corrected chi connectivity index (χ2v) is 6.75. The Bertz CT molecular complexity index is 769. The quantitative estimate of drug-likeness (QED) is 0.811. The highest BCUT2D eigenvalue weighted by Gasteiger charge is 2.29. The minimum atomic E-state index is -0.769. The van der Waals surface area contributed by atoms with Gasteiger partial charge in [-0.3, -0.25) is 9.59 Å². The molecular weight excluding hydrogens is 356 g/mol. The summed E-state index contributed by atoms with van der Waals surface area (Å²) >= 11 is 5.78. The number of carboxylic acids is 1. The Morgan fingerprint density at radius 1 is 1.04 bits per heavy atom. The lowest BCUT2D eigenvalue weighted by Gasteiger charge is -2.25. The average molecular weight is 375 g/mol. The van der Waals surface area contributed by atoms with Crippen molar-refractivity contribution in [3.63, 3.8) is 0 Å². The summed E-state index contributed by atoms with van der Waals surface area (Å²) in [6.07, 6.45) is 3.81. The molecule has 136 valence electrons. The summed E-state index contributed by atoms with van der Waals surface area (Å²) < 4.78 is 5.61. The van der Waals surface area contributed by atoms with Gasteiger partial charge in [-0.1, -0.05) is 11.6 Å². The van der Waals surface area contributed by atoms with Gasteiger partial charge in [0.05, 0.1) is 10.9 Å². The number of carboxylic acid groups (broad SMARTS) is 1. The number of ether oxygens (including phenoxy) is 1. The molecule has 1 amide bonds. The molecule has 2 N–H and O–H groups in total. The molecule has 6 nitrogen and oxygen atoms in total. The molecule has 1 aliphatic carbocycles. The zero-order valence-corrected chi connectivity index (χ0v) is 14.8. The molecule has 0 aliphatic heterocycles. The van der Waals surface area contributed by atoms with Crippen LogP contribution in [-0.2, 0) is 9.59 Å². The van der Waals surface area contributed by atoms with Crippen molar-refractivity contribution < 1.29 is 19.4 Å². The molecule has 7 heteroatoms. The van der Waals surface area contributed by atoms with Gasteiger partial charge in [0.25, 0.3) is 0 Å². The van der Waals surface area contributed by atoms with Crippen LogP contribution in [0.1, 0.15) is 25.7 Å². The second-order valence-electron chi connectivity index (χ2n) is 6.32. The summed E-state index contributed by atoms with van der Waals surface area (Å²) in [4.78, 5) is 27.4. The number of rotatable bonds is 5. The molecule has 1 fully saturated rings. The number of aromatic nitrogens is 1. The lowest BCUT2D eigenvalue weighted by Crippen LogP contribution is -2.29. The molecule has 26 heavy (non-hydrogen) atoms. The van der Waals surface area contributed by atoms with E-state index < -0.39 is 5.97 Å². The molecule has 1 aromatic carbocycles. The van der Waals surface area contributed by atoms with Crippen LogP contribution in [0, 0.1) is 11.8 Å². The van der Waals surface area contributed by atoms with Gasteiger partial charge in [-0.05, 0) is 56.0 Å². The number of anilines is 1. The maximum atomic E-state index is 12.3. The third-order valence-corrected chi connectivity index (χ3v) is 4.72. The van der Waals surface area contributed by atoms with E-state index in [1.807, 2.05) is 0 Å². The Hall–Kier alpha value is -2.60. The van der Waals surface area contributed by atoms with Crippen molar-refractivity contribution in [2.75, 3.05) is 5.32 Å². The van der Waals surface area contributed by atoms with Crippen molar-refractivity contribution in [3.05, 3.63) is 47.6 Å². The summed E-state index contributed by atoms with van der Waals surface area (Å²) in [5.74, 6) is -0.269. The first-order valence-corrected chi connectivity index (χ1v) is 8.82. The third-order valence-electron chi connectivity index (χ3n) is 4.49. The number of halogens is 1. The molecule has 3 rings (SSSR count). The van der Waals surface area contributed by atoms with Crippen molar-refractivity contribution >= 4 is 29.2 Å². The number of nitrogens with zero attached hydrogens (tertiary/aromatic N) is 1. The smallest absolute Gasteiger partial charge is 0.306 e. The van der Waals surface area contributed by atoms with E-state index in [0.717, 1.165) is 0 Å². The van der Waals surface area contributed by atoms with Crippen LogP contribution in [-0.4, -0.2) is 22.0 Å². The average Bonchev–Trinajstić information content (AvgIpc) is 2.65. The summed E-state index contributed by atoms with van der Waals surface area (Å²) in [6, 6.07) is 10.4. The molecule has 1 aliphatic rings. The summed E-state index contributed by atoms with van der Waals surface area (Å²) in [5.41, 5.74) is 0.673. The largest absolute Gasteiger partial charge is 0.481 e. The van der Waals surface area contributed by atoms with Crippen molar-refractivity contribution in [2.45, 2.75) is 25.7 Å². The van der Waals surface area contributed by atoms with Crippen molar-refractivity contribution in [3.8, 4) is 11.6 Å². The molecule has 0 saturated heterocycles. The van der Waals surface area contributed by atoms with E-state index in [4.69, 9.17) is 21.4 Å². The number of hydrogen-bond donors (Lipinski definition) is 2. The van der Waals surface area contributed by atoms with Gasteiger partial charge in [-0.25, -0.2) is 4.98 Å². The number of aliphatic carboxylic acids is 1. The normalized spacial score (nSPS) is 19.6. The lowest BCUT2D eigenvalue weighted by atomic mass is 9.81. The maximum absolute atomic E-state index is 12.3. The van der Waals surface area contributed by atoms with Gasteiger partial charge in [0.15, 0.2) is 0 Å². The minimum Gasteiger partial charge on any atom is -0.481 e. The SMILES string of the molecule is O=C(O)C1CCC(C(=O)Nc2ccc(Oc3ccc(Cl)cn3)cc2)CC1. The molecule has 2 aromatic rings. The highest BCUT2D eigenvalue weighted by molar-refractivity contribution is 6.30.